The highest BCUT2D eigenvalue weighted by atomic mass is 16.6. The van der Waals surface area contributed by atoms with Crippen molar-refractivity contribution in [3.63, 3.8) is 0 Å². The lowest BCUT2D eigenvalue weighted by atomic mass is 9.57. The van der Waals surface area contributed by atoms with E-state index in [4.69, 9.17) is 14.7 Å². The molecule has 1 aliphatic rings. The first-order valence-corrected chi connectivity index (χ1v) is 8.24. The molecule has 1 aromatic carbocycles. The van der Waals surface area contributed by atoms with Crippen molar-refractivity contribution < 1.29 is 19.1 Å². The Labute approximate surface area is 148 Å². The van der Waals surface area contributed by atoms with Gasteiger partial charge in [0, 0.05) is 17.0 Å². The number of rotatable bonds is 4. The molecule has 25 heavy (non-hydrogen) atoms. The lowest BCUT2D eigenvalue weighted by Gasteiger charge is -2.45. The molecule has 6 heteroatoms. The fourth-order valence-electron chi connectivity index (χ4n) is 3.15. The highest BCUT2D eigenvalue weighted by molar-refractivity contribution is 5.85. The monoisotopic (exact) mass is 344 g/mol. The minimum Gasteiger partial charge on any atom is -0.469 e. The Morgan fingerprint density at radius 1 is 1.36 bits per heavy atom. The molecule has 0 spiro atoms. The number of nitrogens with zero attached hydrogens (tertiary/aromatic N) is 1. The Balaban J connectivity index is 2.19. The first-order valence-electron chi connectivity index (χ1n) is 8.24. The molecule has 6 nitrogen and oxygen atoms in total. The van der Waals surface area contributed by atoms with Crippen LogP contribution < -0.4 is 5.32 Å². The second kappa shape index (κ2) is 7.14. The van der Waals surface area contributed by atoms with Crippen LogP contribution in [0.4, 0.5) is 10.5 Å². The summed E-state index contributed by atoms with van der Waals surface area (Å²) in [5.74, 6) is -0.367. The number of carbonyl (C=O) groups is 2. The van der Waals surface area contributed by atoms with Crippen LogP contribution in [-0.4, -0.2) is 24.8 Å². The number of hydrogen-bond donors (Lipinski definition) is 1. The van der Waals surface area contributed by atoms with Crippen LogP contribution in [0.2, 0.25) is 0 Å². The quantitative estimate of drug-likeness (QED) is 0.840. The van der Waals surface area contributed by atoms with Crippen molar-refractivity contribution in [1.82, 2.24) is 0 Å². The smallest absolute Gasteiger partial charge is 0.412 e. The van der Waals surface area contributed by atoms with Gasteiger partial charge in [0.2, 0.25) is 0 Å². The molecule has 1 aromatic rings. The number of nitriles is 1. The predicted octanol–water partition coefficient (Wildman–Crippen LogP) is 3.77. The van der Waals surface area contributed by atoms with Crippen LogP contribution in [0.15, 0.2) is 24.3 Å². The molecular formula is C19H24N2O4. The first-order chi connectivity index (χ1) is 11.7. The van der Waals surface area contributed by atoms with Gasteiger partial charge in [-0.1, -0.05) is 12.1 Å². The maximum atomic E-state index is 11.9. The molecule has 1 amide bonds. The van der Waals surface area contributed by atoms with E-state index in [9.17, 15) is 9.59 Å². The van der Waals surface area contributed by atoms with Crippen molar-refractivity contribution in [1.29, 1.82) is 5.26 Å². The summed E-state index contributed by atoms with van der Waals surface area (Å²) in [4.78, 5) is 23.8. The molecule has 0 radical (unpaired) electrons. The van der Waals surface area contributed by atoms with Crippen LogP contribution in [0.1, 0.15) is 45.6 Å². The lowest BCUT2D eigenvalue weighted by Crippen LogP contribution is -2.42. The van der Waals surface area contributed by atoms with Gasteiger partial charge < -0.3 is 9.47 Å². The molecule has 1 fully saturated rings. The fourth-order valence-corrected chi connectivity index (χ4v) is 3.15. The lowest BCUT2D eigenvalue weighted by molar-refractivity contribution is -0.143. The van der Waals surface area contributed by atoms with E-state index in [-0.39, 0.29) is 18.3 Å². The van der Waals surface area contributed by atoms with Gasteiger partial charge in [-0.05, 0) is 51.3 Å². The van der Waals surface area contributed by atoms with Crippen LogP contribution in [0, 0.1) is 17.2 Å². The topological polar surface area (TPSA) is 88.4 Å². The van der Waals surface area contributed by atoms with Crippen molar-refractivity contribution >= 4 is 17.7 Å². The Kier molecular flexibility index (Phi) is 5.36. The zero-order valence-corrected chi connectivity index (χ0v) is 15.1. The summed E-state index contributed by atoms with van der Waals surface area (Å²) >= 11 is 0. The summed E-state index contributed by atoms with van der Waals surface area (Å²) in [6.07, 6.45) is 0.899. The molecule has 0 aliphatic heterocycles. The van der Waals surface area contributed by atoms with E-state index >= 15 is 0 Å². The zero-order chi connectivity index (χ0) is 18.7. The predicted molar refractivity (Wildman–Crippen MR) is 92.9 cm³/mol. The number of methoxy groups -OCH3 is 1. The van der Waals surface area contributed by atoms with Gasteiger partial charge in [0.1, 0.15) is 5.60 Å². The number of amides is 1. The molecule has 0 unspecified atom stereocenters. The van der Waals surface area contributed by atoms with E-state index in [2.05, 4.69) is 11.4 Å². The van der Waals surface area contributed by atoms with Crippen LogP contribution in [0.3, 0.4) is 0 Å². The summed E-state index contributed by atoms with van der Waals surface area (Å²) in [5.41, 5.74) is 0.510. The van der Waals surface area contributed by atoms with Gasteiger partial charge in [0.25, 0.3) is 0 Å². The van der Waals surface area contributed by atoms with Crippen molar-refractivity contribution in [2.75, 3.05) is 12.4 Å². The third-order valence-electron chi connectivity index (χ3n) is 4.29. The van der Waals surface area contributed by atoms with E-state index in [1.807, 2.05) is 18.2 Å². The fraction of sp³-hybridized carbons (Fsp3) is 0.526. The zero-order valence-electron chi connectivity index (χ0n) is 15.1. The van der Waals surface area contributed by atoms with Gasteiger partial charge in [-0.15, -0.1) is 0 Å². The number of esters is 1. The van der Waals surface area contributed by atoms with Crippen LogP contribution >= 0.6 is 0 Å². The molecule has 1 aliphatic carbocycles. The number of anilines is 1. The summed E-state index contributed by atoms with van der Waals surface area (Å²) in [5, 5.41) is 11.8. The first kappa shape index (κ1) is 18.8. The average Bonchev–Trinajstić information content (AvgIpc) is 2.48. The molecular weight excluding hydrogens is 320 g/mol. The Morgan fingerprint density at radius 3 is 2.60 bits per heavy atom. The molecule has 1 saturated carbocycles. The highest BCUT2D eigenvalue weighted by Crippen LogP contribution is 2.50. The standard InChI is InChI=1S/C19H24N2O4/c1-18(2,3)25-17(23)21-15-7-5-6-14(8-15)19(11-16(22)24-4)9-13(10-19)12-20/h5-8,13H,9-11H2,1-4H3,(H,21,23)/t13-,19+. The molecule has 0 atom stereocenters. The summed E-state index contributed by atoms with van der Waals surface area (Å²) < 4.78 is 10.1. The largest absolute Gasteiger partial charge is 0.469 e. The average molecular weight is 344 g/mol. The molecule has 0 saturated heterocycles. The van der Waals surface area contributed by atoms with Crippen molar-refractivity contribution in [3.8, 4) is 6.07 Å². The number of ether oxygens (including phenoxy) is 2. The number of nitrogens with one attached hydrogen (secondary N) is 1. The molecule has 0 aromatic heterocycles. The Morgan fingerprint density at radius 2 is 2.04 bits per heavy atom. The Hall–Kier alpha value is -2.55. The maximum Gasteiger partial charge on any atom is 0.412 e. The highest BCUT2D eigenvalue weighted by Gasteiger charge is 2.47. The molecule has 1 N–H and O–H groups in total. The van der Waals surface area contributed by atoms with E-state index in [1.165, 1.54) is 7.11 Å². The van der Waals surface area contributed by atoms with Crippen LogP contribution in [-0.2, 0) is 19.7 Å². The van der Waals surface area contributed by atoms with E-state index in [0.29, 0.717) is 18.5 Å². The van der Waals surface area contributed by atoms with Gasteiger partial charge in [-0.3, -0.25) is 10.1 Å². The van der Waals surface area contributed by atoms with Crippen molar-refractivity contribution in [2.45, 2.75) is 51.0 Å². The minimum absolute atomic E-state index is 0.0628. The van der Waals surface area contributed by atoms with Crippen molar-refractivity contribution in [3.05, 3.63) is 29.8 Å². The SMILES string of the molecule is COC(=O)C[C@]1(c2cccc(NC(=O)OC(C)(C)C)c2)C[C@@H](C#N)C1. The van der Waals surface area contributed by atoms with Crippen LogP contribution in [0.5, 0.6) is 0 Å². The van der Waals surface area contributed by atoms with Gasteiger partial charge in [0.05, 0.1) is 19.6 Å². The second-order valence-electron chi connectivity index (χ2n) is 7.48. The van der Waals surface area contributed by atoms with E-state index in [1.54, 1.807) is 26.8 Å². The molecule has 0 bridgehead atoms. The van der Waals surface area contributed by atoms with E-state index < -0.39 is 17.1 Å². The van der Waals surface area contributed by atoms with Gasteiger partial charge in [-0.25, -0.2) is 4.79 Å². The summed E-state index contributed by atoms with van der Waals surface area (Å²) in [6, 6.07) is 9.58. The number of carbonyl (C=O) groups excluding carboxylic acids is 2. The van der Waals surface area contributed by atoms with Crippen LogP contribution in [0.25, 0.3) is 0 Å². The maximum absolute atomic E-state index is 11.9. The summed E-state index contributed by atoms with van der Waals surface area (Å²) in [6.45, 7) is 5.39. The van der Waals surface area contributed by atoms with Crippen molar-refractivity contribution in [2.24, 2.45) is 5.92 Å². The number of benzene rings is 1. The molecule has 134 valence electrons. The third-order valence-corrected chi connectivity index (χ3v) is 4.29. The number of hydrogen-bond acceptors (Lipinski definition) is 5. The van der Waals surface area contributed by atoms with Gasteiger partial charge in [-0.2, -0.15) is 5.26 Å². The minimum atomic E-state index is -0.582. The summed E-state index contributed by atoms with van der Waals surface area (Å²) in [7, 11) is 1.36. The molecule has 2 rings (SSSR count). The molecule has 0 heterocycles. The van der Waals surface area contributed by atoms with Gasteiger partial charge in [0.15, 0.2) is 0 Å². The normalized spacial score (nSPS) is 22.3. The van der Waals surface area contributed by atoms with E-state index in [0.717, 1.165) is 5.56 Å². The van der Waals surface area contributed by atoms with Gasteiger partial charge >= 0.3 is 12.1 Å². The Bertz CT molecular complexity index is 694. The second-order valence-corrected chi connectivity index (χ2v) is 7.48. The third kappa shape index (κ3) is 4.72.